The first-order valence-electron chi connectivity index (χ1n) is 8.30. The number of halogens is 1. The van der Waals surface area contributed by atoms with Crippen molar-refractivity contribution in [3.63, 3.8) is 0 Å². The third kappa shape index (κ3) is 6.38. The first-order chi connectivity index (χ1) is 12.9. The van der Waals surface area contributed by atoms with Crippen LogP contribution in [-0.4, -0.2) is 35.4 Å². The van der Waals surface area contributed by atoms with Gasteiger partial charge in [-0.15, -0.1) is 0 Å². The number of esters is 1. The van der Waals surface area contributed by atoms with Crippen LogP contribution in [0.4, 0.5) is 5.82 Å². The number of nitrogens with zero attached hydrogens (tertiary/aromatic N) is 1. The Morgan fingerprint density at radius 1 is 1.11 bits per heavy atom. The molecule has 0 aliphatic rings. The van der Waals surface area contributed by atoms with Crippen molar-refractivity contribution in [3.05, 3.63) is 59.2 Å². The van der Waals surface area contributed by atoms with Crippen molar-refractivity contribution < 1.29 is 19.1 Å². The maximum atomic E-state index is 12.3. The van der Waals surface area contributed by atoms with Gasteiger partial charge in [-0.25, -0.2) is 9.78 Å². The molecule has 0 aliphatic heterocycles. The lowest BCUT2D eigenvalue weighted by molar-refractivity contribution is -0.150. The molecule has 7 nitrogen and oxygen atoms in total. The van der Waals surface area contributed by atoms with E-state index in [-0.39, 0.29) is 11.8 Å². The van der Waals surface area contributed by atoms with Gasteiger partial charge in [0.05, 0.1) is 5.02 Å². The highest BCUT2D eigenvalue weighted by Crippen LogP contribution is 2.10. The summed E-state index contributed by atoms with van der Waals surface area (Å²) in [4.78, 5) is 40.4. The molecular weight excluding hydrogens is 370 g/mol. The third-order valence-electron chi connectivity index (χ3n) is 3.58. The topological polar surface area (TPSA) is 97.4 Å². The summed E-state index contributed by atoms with van der Waals surface area (Å²) >= 11 is 5.72. The largest absolute Gasteiger partial charge is 0.454 e. The van der Waals surface area contributed by atoms with Crippen LogP contribution in [-0.2, 0) is 14.3 Å². The van der Waals surface area contributed by atoms with Crippen LogP contribution in [0.25, 0.3) is 0 Å². The van der Waals surface area contributed by atoms with E-state index in [1.165, 1.54) is 12.3 Å². The predicted molar refractivity (Wildman–Crippen MR) is 101 cm³/mol. The minimum absolute atomic E-state index is 0.217. The Hall–Kier alpha value is -2.93. The first-order valence-corrected chi connectivity index (χ1v) is 8.68. The average Bonchev–Trinajstić information content (AvgIpc) is 2.66. The summed E-state index contributed by atoms with van der Waals surface area (Å²) < 4.78 is 5.04. The Kier molecular flexibility index (Phi) is 7.31. The number of anilines is 1. The van der Waals surface area contributed by atoms with Crippen LogP contribution in [0.3, 0.4) is 0 Å². The molecule has 0 radical (unpaired) electrons. The molecule has 1 heterocycles. The number of rotatable bonds is 7. The highest BCUT2D eigenvalue weighted by Gasteiger charge is 2.26. The van der Waals surface area contributed by atoms with Gasteiger partial charge in [0.1, 0.15) is 11.9 Å². The fourth-order valence-corrected chi connectivity index (χ4v) is 2.28. The predicted octanol–water partition coefficient (Wildman–Crippen LogP) is 2.67. The summed E-state index contributed by atoms with van der Waals surface area (Å²) in [6, 6.07) is 10.8. The van der Waals surface area contributed by atoms with Crippen LogP contribution in [0.15, 0.2) is 48.7 Å². The van der Waals surface area contributed by atoms with E-state index in [4.69, 9.17) is 16.3 Å². The molecule has 0 unspecified atom stereocenters. The fourth-order valence-electron chi connectivity index (χ4n) is 2.17. The van der Waals surface area contributed by atoms with Crippen molar-refractivity contribution in [2.75, 3.05) is 11.9 Å². The molecule has 1 aromatic carbocycles. The number of carbonyl (C=O) groups is 3. The standard InChI is InChI=1S/C19H20ClN3O4/c1-12(2)17(23-18(25)13-6-4-3-5-7-13)19(26)27-11-16(24)22-15-9-8-14(20)10-21-15/h3-10,12,17H,11H2,1-2H3,(H,23,25)(H,21,22,24)/t17-/m1/s1. The maximum absolute atomic E-state index is 12.3. The molecule has 0 spiro atoms. The van der Waals surface area contributed by atoms with Crippen molar-refractivity contribution in [2.45, 2.75) is 19.9 Å². The smallest absolute Gasteiger partial charge is 0.329 e. The molecule has 2 rings (SSSR count). The zero-order chi connectivity index (χ0) is 19.8. The Morgan fingerprint density at radius 3 is 2.41 bits per heavy atom. The lowest BCUT2D eigenvalue weighted by Crippen LogP contribution is -2.45. The van der Waals surface area contributed by atoms with Crippen molar-refractivity contribution in [1.82, 2.24) is 10.3 Å². The van der Waals surface area contributed by atoms with Gasteiger partial charge in [-0.05, 0) is 30.2 Å². The van der Waals surface area contributed by atoms with Gasteiger partial charge in [-0.2, -0.15) is 0 Å². The van der Waals surface area contributed by atoms with E-state index in [0.717, 1.165) is 0 Å². The summed E-state index contributed by atoms with van der Waals surface area (Å²) in [6.07, 6.45) is 1.39. The van der Waals surface area contributed by atoms with Gasteiger partial charge in [-0.1, -0.05) is 43.6 Å². The molecule has 0 saturated heterocycles. The number of aromatic nitrogens is 1. The van der Waals surface area contributed by atoms with E-state index in [9.17, 15) is 14.4 Å². The highest BCUT2D eigenvalue weighted by molar-refractivity contribution is 6.30. The minimum atomic E-state index is -0.876. The number of pyridine rings is 1. The maximum Gasteiger partial charge on any atom is 0.329 e. The summed E-state index contributed by atoms with van der Waals surface area (Å²) in [5, 5.41) is 5.56. The summed E-state index contributed by atoms with van der Waals surface area (Å²) in [5.41, 5.74) is 0.433. The SMILES string of the molecule is CC(C)[C@@H](NC(=O)c1ccccc1)C(=O)OCC(=O)Nc1ccc(Cl)cn1. The normalized spacial score (nSPS) is 11.6. The van der Waals surface area contributed by atoms with Gasteiger partial charge < -0.3 is 15.4 Å². The van der Waals surface area contributed by atoms with Gasteiger partial charge in [0, 0.05) is 11.8 Å². The minimum Gasteiger partial charge on any atom is -0.454 e. The molecule has 1 aromatic heterocycles. The van der Waals surface area contributed by atoms with Gasteiger partial charge >= 0.3 is 5.97 Å². The van der Waals surface area contributed by atoms with Gasteiger partial charge in [-0.3, -0.25) is 9.59 Å². The van der Waals surface area contributed by atoms with Crippen molar-refractivity contribution in [1.29, 1.82) is 0 Å². The van der Waals surface area contributed by atoms with Crippen molar-refractivity contribution in [2.24, 2.45) is 5.92 Å². The van der Waals surface area contributed by atoms with E-state index in [1.807, 2.05) is 0 Å². The van der Waals surface area contributed by atoms with Crippen LogP contribution in [0, 0.1) is 5.92 Å². The second-order valence-electron chi connectivity index (χ2n) is 6.08. The van der Waals surface area contributed by atoms with Gasteiger partial charge in [0.2, 0.25) is 0 Å². The Morgan fingerprint density at radius 2 is 1.81 bits per heavy atom. The molecule has 27 heavy (non-hydrogen) atoms. The molecular formula is C19H20ClN3O4. The molecule has 2 amide bonds. The lowest BCUT2D eigenvalue weighted by atomic mass is 10.0. The molecule has 2 aromatic rings. The van der Waals surface area contributed by atoms with Crippen LogP contribution in [0.5, 0.6) is 0 Å². The highest BCUT2D eigenvalue weighted by atomic mass is 35.5. The Bertz CT molecular complexity index is 794. The van der Waals surface area contributed by atoms with E-state index in [1.54, 1.807) is 50.2 Å². The van der Waals surface area contributed by atoms with Crippen LogP contribution in [0.1, 0.15) is 24.2 Å². The zero-order valence-electron chi connectivity index (χ0n) is 14.9. The number of amides is 2. The molecule has 142 valence electrons. The van der Waals surface area contributed by atoms with Crippen LogP contribution in [0.2, 0.25) is 5.02 Å². The molecule has 0 saturated carbocycles. The van der Waals surface area contributed by atoms with Crippen molar-refractivity contribution >= 4 is 35.2 Å². The Labute approximate surface area is 162 Å². The van der Waals surface area contributed by atoms with Crippen LogP contribution < -0.4 is 10.6 Å². The molecule has 8 heteroatoms. The number of hydrogen-bond donors (Lipinski definition) is 2. The van der Waals surface area contributed by atoms with Crippen molar-refractivity contribution in [3.8, 4) is 0 Å². The van der Waals surface area contributed by atoms with E-state index in [0.29, 0.717) is 16.4 Å². The van der Waals surface area contributed by atoms with E-state index < -0.39 is 24.5 Å². The number of benzene rings is 1. The summed E-state index contributed by atoms with van der Waals surface area (Å²) in [7, 11) is 0. The summed E-state index contributed by atoms with van der Waals surface area (Å²) in [5.74, 6) is -1.55. The second kappa shape index (κ2) is 9.68. The van der Waals surface area contributed by atoms with Crippen LogP contribution >= 0.6 is 11.6 Å². The third-order valence-corrected chi connectivity index (χ3v) is 3.81. The average molecular weight is 390 g/mol. The first kappa shape index (κ1) is 20.4. The second-order valence-corrected chi connectivity index (χ2v) is 6.52. The van der Waals surface area contributed by atoms with E-state index in [2.05, 4.69) is 15.6 Å². The molecule has 1 atom stereocenters. The molecule has 0 fully saturated rings. The Balaban J connectivity index is 1.89. The number of hydrogen-bond acceptors (Lipinski definition) is 5. The summed E-state index contributed by atoms with van der Waals surface area (Å²) in [6.45, 7) is 3.05. The quantitative estimate of drug-likeness (QED) is 0.709. The molecule has 2 N–H and O–H groups in total. The van der Waals surface area contributed by atoms with Gasteiger partial charge in [0.15, 0.2) is 6.61 Å². The molecule has 0 bridgehead atoms. The molecule has 0 aliphatic carbocycles. The number of carbonyl (C=O) groups excluding carboxylic acids is 3. The zero-order valence-corrected chi connectivity index (χ0v) is 15.7. The number of nitrogens with one attached hydrogen (secondary N) is 2. The lowest BCUT2D eigenvalue weighted by Gasteiger charge is -2.20. The van der Waals surface area contributed by atoms with E-state index >= 15 is 0 Å². The monoisotopic (exact) mass is 389 g/mol. The fraction of sp³-hybridized carbons (Fsp3) is 0.263. The number of ether oxygens (including phenoxy) is 1. The van der Waals surface area contributed by atoms with Gasteiger partial charge in [0.25, 0.3) is 11.8 Å².